The average molecular weight is 542 g/mol. The van der Waals surface area contributed by atoms with E-state index in [1.54, 1.807) is 48.6 Å². The lowest BCUT2D eigenvalue weighted by atomic mass is 10.0. The summed E-state index contributed by atoms with van der Waals surface area (Å²) in [5.41, 5.74) is 11.6. The van der Waals surface area contributed by atoms with Crippen LogP contribution in [-0.2, 0) is 20.9 Å². The molecule has 0 heterocycles. The highest BCUT2D eigenvalue weighted by molar-refractivity contribution is 5.92. The van der Waals surface area contributed by atoms with Crippen LogP contribution in [-0.4, -0.2) is 24.5 Å². The van der Waals surface area contributed by atoms with E-state index < -0.39 is 24.0 Å². The van der Waals surface area contributed by atoms with E-state index in [0.29, 0.717) is 28.7 Å². The van der Waals surface area contributed by atoms with Crippen LogP contribution < -0.4 is 10.5 Å². The zero-order valence-electron chi connectivity index (χ0n) is 23.4. The van der Waals surface area contributed by atoms with Crippen LogP contribution >= 0.6 is 0 Å². The lowest BCUT2D eigenvalue weighted by Crippen LogP contribution is -2.19. The number of benzene rings is 3. The van der Waals surface area contributed by atoms with Crippen LogP contribution in [0.1, 0.15) is 66.6 Å². The van der Waals surface area contributed by atoms with Gasteiger partial charge in [0.25, 0.3) is 0 Å². The second-order valence-corrected chi connectivity index (χ2v) is 9.54. The predicted octanol–water partition coefficient (Wildman–Crippen LogP) is 6.17. The van der Waals surface area contributed by atoms with Crippen LogP contribution in [0.4, 0.5) is 0 Å². The van der Waals surface area contributed by atoms with Gasteiger partial charge in [0.15, 0.2) is 0 Å². The van der Waals surface area contributed by atoms with E-state index in [4.69, 9.17) is 19.9 Å². The van der Waals surface area contributed by atoms with E-state index >= 15 is 0 Å². The van der Waals surface area contributed by atoms with Gasteiger partial charge in [-0.2, -0.15) is 0 Å². The summed E-state index contributed by atoms with van der Waals surface area (Å²) in [4.78, 5) is 38.1. The van der Waals surface area contributed by atoms with Crippen molar-refractivity contribution in [3.05, 3.63) is 124 Å². The van der Waals surface area contributed by atoms with Gasteiger partial charge in [-0.05, 0) is 86.7 Å². The van der Waals surface area contributed by atoms with Crippen LogP contribution in [0.25, 0.3) is 0 Å². The number of ether oxygens (including phenoxy) is 3. The van der Waals surface area contributed by atoms with Gasteiger partial charge >= 0.3 is 17.9 Å². The van der Waals surface area contributed by atoms with Gasteiger partial charge in [0.2, 0.25) is 0 Å². The van der Waals surface area contributed by atoms with Crippen molar-refractivity contribution < 1.29 is 28.6 Å². The fraction of sp³-hybridized carbons (Fsp3) is 0.242. The van der Waals surface area contributed by atoms with Gasteiger partial charge in [0, 0.05) is 18.2 Å². The Morgan fingerprint density at radius 2 is 1.68 bits per heavy atom. The maximum atomic E-state index is 13.0. The van der Waals surface area contributed by atoms with Gasteiger partial charge in [0.05, 0.1) is 11.1 Å². The van der Waals surface area contributed by atoms with E-state index in [9.17, 15) is 14.4 Å². The molecule has 1 unspecified atom stereocenters. The van der Waals surface area contributed by atoms with Gasteiger partial charge in [-0.15, -0.1) is 6.58 Å². The zero-order valence-corrected chi connectivity index (χ0v) is 23.4. The van der Waals surface area contributed by atoms with Gasteiger partial charge in [-0.3, -0.25) is 0 Å². The topological polar surface area (TPSA) is 105 Å². The first-order valence-corrected chi connectivity index (χ1v) is 13.0. The standard InChI is InChI=1S/C33H35NO6/c1-6-7-8-9-31(35)39-30(19-34)25-13-15-29(40-32(36)26-12-11-22(3)23(4)17-26)27(18-25)20-38-33(37)28-14-10-21(2)16-24(28)5/h6,8-18,30H,1,7,19-20,34H2,2-5H3/b9-8+. The third kappa shape index (κ3) is 8.01. The lowest BCUT2D eigenvalue weighted by molar-refractivity contribution is -0.142. The maximum absolute atomic E-state index is 13.0. The highest BCUT2D eigenvalue weighted by Gasteiger charge is 2.20. The quantitative estimate of drug-likeness (QED) is 0.134. The first kappa shape index (κ1) is 30.1. The molecule has 0 aliphatic heterocycles. The molecule has 0 fully saturated rings. The second-order valence-electron chi connectivity index (χ2n) is 9.54. The number of carbonyl (C=O) groups is 3. The Morgan fingerprint density at radius 1 is 0.900 bits per heavy atom. The smallest absolute Gasteiger partial charge is 0.343 e. The number of allylic oxidation sites excluding steroid dienone is 2. The number of carbonyl (C=O) groups excluding carboxylic acids is 3. The van der Waals surface area contributed by atoms with Crippen molar-refractivity contribution in [2.75, 3.05) is 6.54 Å². The average Bonchev–Trinajstić information content (AvgIpc) is 2.92. The Hall–Kier alpha value is -4.49. The van der Waals surface area contributed by atoms with Crippen LogP contribution in [0.3, 0.4) is 0 Å². The third-order valence-corrected chi connectivity index (χ3v) is 6.39. The van der Waals surface area contributed by atoms with Crippen molar-refractivity contribution in [1.82, 2.24) is 0 Å². The van der Waals surface area contributed by atoms with E-state index in [2.05, 4.69) is 6.58 Å². The Kier molecular flexibility index (Phi) is 10.6. The van der Waals surface area contributed by atoms with Gasteiger partial charge in [-0.25, -0.2) is 14.4 Å². The summed E-state index contributed by atoms with van der Waals surface area (Å²) in [7, 11) is 0. The summed E-state index contributed by atoms with van der Waals surface area (Å²) in [6.45, 7) is 11.1. The van der Waals surface area contributed by atoms with Crippen molar-refractivity contribution >= 4 is 17.9 Å². The van der Waals surface area contributed by atoms with Crippen molar-refractivity contribution in [1.29, 1.82) is 0 Å². The summed E-state index contributed by atoms with van der Waals surface area (Å²) in [5, 5.41) is 0. The van der Waals surface area contributed by atoms with E-state index in [1.165, 1.54) is 6.08 Å². The van der Waals surface area contributed by atoms with Crippen molar-refractivity contribution in [2.45, 2.75) is 46.8 Å². The van der Waals surface area contributed by atoms with Gasteiger partial charge in [-0.1, -0.05) is 42.0 Å². The molecule has 7 heteroatoms. The lowest BCUT2D eigenvalue weighted by Gasteiger charge is -2.18. The van der Waals surface area contributed by atoms with E-state index in [0.717, 1.165) is 22.3 Å². The molecule has 0 aromatic heterocycles. The number of esters is 3. The minimum absolute atomic E-state index is 0.0185. The normalized spacial score (nSPS) is 11.6. The largest absolute Gasteiger partial charge is 0.457 e. The van der Waals surface area contributed by atoms with Crippen LogP contribution in [0.5, 0.6) is 5.75 Å². The highest BCUT2D eigenvalue weighted by atomic mass is 16.6. The van der Waals surface area contributed by atoms with Gasteiger partial charge in [0.1, 0.15) is 18.5 Å². The number of hydrogen-bond donors (Lipinski definition) is 1. The van der Waals surface area contributed by atoms with Crippen LogP contribution in [0.2, 0.25) is 0 Å². The molecule has 40 heavy (non-hydrogen) atoms. The summed E-state index contributed by atoms with van der Waals surface area (Å²) in [6, 6.07) is 15.7. The fourth-order valence-corrected chi connectivity index (χ4v) is 4.00. The molecule has 0 saturated heterocycles. The Balaban J connectivity index is 1.89. The number of rotatable bonds is 11. The molecule has 0 bridgehead atoms. The zero-order chi connectivity index (χ0) is 29.2. The van der Waals surface area contributed by atoms with Crippen molar-refractivity contribution in [3.8, 4) is 5.75 Å². The van der Waals surface area contributed by atoms with Crippen molar-refractivity contribution in [3.63, 3.8) is 0 Å². The summed E-state index contributed by atoms with van der Waals surface area (Å²) >= 11 is 0. The minimum Gasteiger partial charge on any atom is -0.457 e. The molecule has 7 nitrogen and oxygen atoms in total. The molecule has 3 aromatic carbocycles. The molecule has 0 radical (unpaired) electrons. The van der Waals surface area contributed by atoms with Crippen LogP contribution in [0.15, 0.2) is 79.4 Å². The van der Waals surface area contributed by atoms with Crippen molar-refractivity contribution in [2.24, 2.45) is 5.73 Å². The molecular formula is C33H35NO6. The summed E-state index contributed by atoms with van der Waals surface area (Å²) in [6.07, 6.45) is 4.37. The number of hydrogen-bond acceptors (Lipinski definition) is 7. The SMILES string of the molecule is C=CC/C=C/C(=O)OC(CN)c1ccc(OC(=O)c2ccc(C)c(C)c2)c(COC(=O)c2ccc(C)cc2C)c1. The molecule has 0 aliphatic rings. The second kappa shape index (κ2) is 14.1. The molecule has 0 amide bonds. The number of nitrogens with two attached hydrogens (primary N) is 1. The maximum Gasteiger partial charge on any atom is 0.343 e. The third-order valence-electron chi connectivity index (χ3n) is 6.39. The Labute approximate surface area is 235 Å². The molecule has 0 aliphatic carbocycles. The molecule has 1 atom stereocenters. The molecule has 0 saturated carbocycles. The fourth-order valence-electron chi connectivity index (χ4n) is 4.00. The molecule has 3 rings (SSSR count). The summed E-state index contributed by atoms with van der Waals surface area (Å²) < 4.78 is 16.9. The number of aryl methyl sites for hydroxylation is 4. The molecule has 2 N–H and O–H groups in total. The van der Waals surface area contributed by atoms with Gasteiger partial charge < -0.3 is 19.9 Å². The first-order valence-electron chi connectivity index (χ1n) is 13.0. The van der Waals surface area contributed by atoms with E-state index in [1.807, 2.05) is 45.9 Å². The first-order chi connectivity index (χ1) is 19.1. The Bertz CT molecular complexity index is 1440. The van der Waals surface area contributed by atoms with E-state index in [-0.39, 0.29) is 18.9 Å². The predicted molar refractivity (Wildman–Crippen MR) is 154 cm³/mol. The monoisotopic (exact) mass is 541 g/mol. The van der Waals surface area contributed by atoms with Crippen LogP contribution in [0, 0.1) is 27.7 Å². The Morgan fingerprint density at radius 3 is 2.35 bits per heavy atom. The summed E-state index contributed by atoms with van der Waals surface area (Å²) in [5.74, 6) is -1.39. The minimum atomic E-state index is -0.765. The highest BCUT2D eigenvalue weighted by Crippen LogP contribution is 2.28. The molecule has 208 valence electrons. The molecular weight excluding hydrogens is 506 g/mol. The molecule has 3 aromatic rings. The molecule has 0 spiro atoms.